The van der Waals surface area contributed by atoms with Crippen molar-refractivity contribution in [2.24, 2.45) is 5.73 Å². The van der Waals surface area contributed by atoms with Crippen LogP contribution in [0.15, 0.2) is 23.4 Å². The number of nitrogens with zero attached hydrogens (tertiary/aromatic N) is 1. The predicted octanol–water partition coefficient (Wildman–Crippen LogP) is 0.0755. The molecule has 0 aliphatic rings. The van der Waals surface area contributed by atoms with Crippen LogP contribution >= 0.6 is 11.8 Å². The van der Waals surface area contributed by atoms with Gasteiger partial charge in [0.2, 0.25) is 0 Å². The topological polar surface area (TPSA) is 85.2 Å². The van der Waals surface area contributed by atoms with E-state index >= 15 is 0 Å². The summed E-state index contributed by atoms with van der Waals surface area (Å²) in [5.74, 6) is 0.560. The van der Waals surface area contributed by atoms with Crippen LogP contribution in [0, 0.1) is 0 Å². The lowest BCUT2D eigenvalue weighted by molar-refractivity contribution is 0.208. The Morgan fingerprint density at radius 1 is 1.62 bits per heavy atom. The van der Waals surface area contributed by atoms with Crippen molar-refractivity contribution in [2.75, 3.05) is 18.0 Å². The average molecular weight is 199 g/mol. The van der Waals surface area contributed by atoms with E-state index in [1.165, 1.54) is 11.8 Å². The Labute approximate surface area is 81.3 Å². The molecule has 1 unspecified atom stereocenters. The lowest BCUT2D eigenvalue weighted by atomic mass is 10.4. The van der Waals surface area contributed by atoms with Gasteiger partial charge in [0.1, 0.15) is 0 Å². The van der Waals surface area contributed by atoms with E-state index in [4.69, 9.17) is 11.5 Å². The molecule has 0 aliphatic carbocycles. The summed E-state index contributed by atoms with van der Waals surface area (Å²) < 4.78 is 0. The molecule has 0 saturated heterocycles. The molecule has 1 aromatic heterocycles. The summed E-state index contributed by atoms with van der Waals surface area (Å²) in [5.41, 5.74) is 11.6. The predicted molar refractivity (Wildman–Crippen MR) is 54.4 cm³/mol. The van der Waals surface area contributed by atoms with Crippen LogP contribution in [0.5, 0.6) is 0 Å². The normalized spacial score (nSPS) is 12.8. The summed E-state index contributed by atoms with van der Waals surface area (Å²) in [6, 6.07) is 1.82. The Balaban J connectivity index is 2.50. The van der Waals surface area contributed by atoms with Crippen molar-refractivity contribution >= 4 is 17.4 Å². The number of anilines is 1. The fourth-order valence-electron chi connectivity index (χ4n) is 0.779. The second kappa shape index (κ2) is 5.06. The number of rotatable bonds is 4. The number of thioether (sulfide) groups is 1. The van der Waals surface area contributed by atoms with Gasteiger partial charge in [-0.05, 0) is 6.07 Å². The van der Waals surface area contributed by atoms with Crippen molar-refractivity contribution in [1.82, 2.24) is 4.98 Å². The first-order valence-electron chi connectivity index (χ1n) is 3.94. The molecule has 0 aromatic carbocycles. The van der Waals surface area contributed by atoms with E-state index in [0.717, 1.165) is 4.90 Å². The fraction of sp³-hybridized carbons (Fsp3) is 0.375. The number of nitrogens with two attached hydrogens (primary N) is 2. The van der Waals surface area contributed by atoms with E-state index in [-0.39, 0.29) is 6.54 Å². The van der Waals surface area contributed by atoms with Gasteiger partial charge in [-0.25, -0.2) is 0 Å². The Morgan fingerprint density at radius 2 is 2.38 bits per heavy atom. The first-order chi connectivity index (χ1) is 6.24. The van der Waals surface area contributed by atoms with E-state index in [2.05, 4.69) is 4.98 Å². The molecule has 0 radical (unpaired) electrons. The van der Waals surface area contributed by atoms with E-state index in [1.807, 2.05) is 6.07 Å². The Morgan fingerprint density at radius 3 is 3.00 bits per heavy atom. The molecule has 0 saturated carbocycles. The third-order valence-electron chi connectivity index (χ3n) is 1.51. The first-order valence-corrected chi connectivity index (χ1v) is 4.93. The third kappa shape index (κ3) is 3.22. The van der Waals surface area contributed by atoms with Gasteiger partial charge in [-0.15, -0.1) is 11.8 Å². The summed E-state index contributed by atoms with van der Waals surface area (Å²) in [6.45, 7) is 0.276. The van der Waals surface area contributed by atoms with Crippen molar-refractivity contribution < 1.29 is 5.11 Å². The molecule has 1 aromatic rings. The zero-order chi connectivity index (χ0) is 9.68. The Kier molecular flexibility index (Phi) is 4.01. The van der Waals surface area contributed by atoms with E-state index in [1.54, 1.807) is 12.4 Å². The quantitative estimate of drug-likeness (QED) is 0.598. The minimum Gasteiger partial charge on any atom is -0.397 e. The summed E-state index contributed by atoms with van der Waals surface area (Å²) in [7, 11) is 0. The van der Waals surface area contributed by atoms with Crippen molar-refractivity contribution in [3.05, 3.63) is 18.5 Å². The van der Waals surface area contributed by atoms with Gasteiger partial charge in [0.05, 0.1) is 18.0 Å². The van der Waals surface area contributed by atoms with Gasteiger partial charge >= 0.3 is 0 Å². The highest BCUT2D eigenvalue weighted by molar-refractivity contribution is 7.99. The van der Waals surface area contributed by atoms with Gasteiger partial charge in [-0.1, -0.05) is 0 Å². The SMILES string of the molecule is NCC(O)CSc1ccncc1N. The van der Waals surface area contributed by atoms with Crippen LogP contribution in [0.3, 0.4) is 0 Å². The van der Waals surface area contributed by atoms with Crippen LogP contribution in [0.4, 0.5) is 5.69 Å². The molecule has 5 heteroatoms. The molecule has 4 nitrogen and oxygen atoms in total. The number of nitrogen functional groups attached to an aromatic ring is 1. The number of hydrogen-bond donors (Lipinski definition) is 3. The number of aromatic nitrogens is 1. The Hall–Kier alpha value is -0.780. The molecule has 1 atom stereocenters. The van der Waals surface area contributed by atoms with Crippen LogP contribution in [-0.4, -0.2) is 28.5 Å². The summed E-state index contributed by atoms with van der Waals surface area (Å²) in [4.78, 5) is 4.80. The van der Waals surface area contributed by atoms with Crippen molar-refractivity contribution in [1.29, 1.82) is 0 Å². The lowest BCUT2D eigenvalue weighted by Crippen LogP contribution is -2.21. The maximum atomic E-state index is 9.21. The largest absolute Gasteiger partial charge is 0.397 e. The van der Waals surface area contributed by atoms with E-state index in [9.17, 15) is 5.11 Å². The second-order valence-electron chi connectivity index (χ2n) is 2.61. The number of aliphatic hydroxyl groups excluding tert-OH is 1. The van der Waals surface area contributed by atoms with Crippen molar-refractivity contribution in [3.8, 4) is 0 Å². The Bertz CT molecular complexity index is 269. The molecule has 0 bridgehead atoms. The minimum absolute atomic E-state index is 0.276. The second-order valence-corrected chi connectivity index (χ2v) is 3.68. The molecule has 0 aliphatic heterocycles. The monoisotopic (exact) mass is 199 g/mol. The molecular weight excluding hydrogens is 186 g/mol. The minimum atomic E-state index is -0.474. The van der Waals surface area contributed by atoms with Crippen LogP contribution < -0.4 is 11.5 Å². The van der Waals surface area contributed by atoms with Crippen LogP contribution in [0.2, 0.25) is 0 Å². The number of aliphatic hydroxyl groups is 1. The van der Waals surface area contributed by atoms with Gasteiger partial charge < -0.3 is 16.6 Å². The number of hydrogen-bond acceptors (Lipinski definition) is 5. The van der Waals surface area contributed by atoms with E-state index < -0.39 is 6.10 Å². The van der Waals surface area contributed by atoms with Gasteiger partial charge in [-0.3, -0.25) is 4.98 Å². The van der Waals surface area contributed by atoms with Gasteiger partial charge in [0.25, 0.3) is 0 Å². The summed E-state index contributed by atoms with van der Waals surface area (Å²) >= 11 is 1.48. The smallest absolute Gasteiger partial charge is 0.0756 e. The molecule has 1 rings (SSSR count). The molecule has 0 amide bonds. The standard InChI is InChI=1S/C8H13N3OS/c9-3-6(12)5-13-8-1-2-11-4-7(8)10/h1-2,4,6,12H,3,5,9-10H2. The highest BCUT2D eigenvalue weighted by atomic mass is 32.2. The van der Waals surface area contributed by atoms with Crippen LogP contribution in [0.1, 0.15) is 0 Å². The summed E-state index contributed by atoms with van der Waals surface area (Å²) in [5, 5.41) is 9.21. The van der Waals surface area contributed by atoms with Gasteiger partial charge in [-0.2, -0.15) is 0 Å². The first kappa shape index (κ1) is 10.3. The highest BCUT2D eigenvalue weighted by Gasteiger charge is 2.04. The van der Waals surface area contributed by atoms with Crippen LogP contribution in [-0.2, 0) is 0 Å². The maximum absolute atomic E-state index is 9.21. The molecule has 1 heterocycles. The zero-order valence-electron chi connectivity index (χ0n) is 7.18. The third-order valence-corrected chi connectivity index (χ3v) is 2.75. The highest BCUT2D eigenvalue weighted by Crippen LogP contribution is 2.23. The van der Waals surface area contributed by atoms with E-state index in [0.29, 0.717) is 11.4 Å². The van der Waals surface area contributed by atoms with Crippen molar-refractivity contribution in [3.63, 3.8) is 0 Å². The molecule has 5 N–H and O–H groups in total. The maximum Gasteiger partial charge on any atom is 0.0756 e. The number of pyridine rings is 1. The molecule has 13 heavy (non-hydrogen) atoms. The molecular formula is C8H13N3OS. The lowest BCUT2D eigenvalue weighted by Gasteiger charge is -2.07. The fourth-order valence-corrected chi connectivity index (χ4v) is 1.66. The van der Waals surface area contributed by atoms with Crippen LogP contribution in [0.25, 0.3) is 0 Å². The van der Waals surface area contributed by atoms with Crippen molar-refractivity contribution in [2.45, 2.75) is 11.0 Å². The van der Waals surface area contributed by atoms with Gasteiger partial charge in [0.15, 0.2) is 0 Å². The average Bonchev–Trinajstić information content (AvgIpc) is 2.16. The summed E-state index contributed by atoms with van der Waals surface area (Å²) in [6.07, 6.45) is 2.79. The zero-order valence-corrected chi connectivity index (χ0v) is 8.00. The molecule has 72 valence electrons. The molecule has 0 spiro atoms. The molecule has 0 fully saturated rings. The van der Waals surface area contributed by atoms with Gasteiger partial charge in [0, 0.05) is 23.4 Å².